The number of hydrogen-bond donors (Lipinski definition) is 3. The topological polar surface area (TPSA) is 139 Å². The standard InChI is InChI=1S/C23H28N4O5/c24-22(25)17-7-9-19(10-8-17)27-12-3-5-18(23(27)30)14-20(28)26-32-21(29)6-2-1-4-16-11-13-31-15-16/h7-11,13,15,18H,1-6,12,14H2,(H3,24,25)(H,26,28)/t18-/m0/s1. The van der Waals surface area contributed by atoms with Gasteiger partial charge in [0, 0.05) is 36.6 Å². The number of rotatable bonds is 9. The molecule has 1 fully saturated rings. The maximum absolute atomic E-state index is 12.9. The lowest BCUT2D eigenvalue weighted by atomic mass is 9.93. The molecule has 0 aliphatic carbocycles. The van der Waals surface area contributed by atoms with Gasteiger partial charge in [-0.1, -0.05) is 0 Å². The normalized spacial score (nSPS) is 15.9. The number of aryl methyl sites for hydroxylation is 1. The van der Waals surface area contributed by atoms with Crippen LogP contribution in [0.5, 0.6) is 0 Å². The summed E-state index contributed by atoms with van der Waals surface area (Å²) in [6.07, 6.45) is 7.05. The number of piperidine rings is 1. The SMILES string of the molecule is N=C(N)c1ccc(N2CCC[C@@H](CC(=O)NOC(=O)CCCCc3ccoc3)C2=O)cc1. The van der Waals surface area contributed by atoms with Gasteiger partial charge in [-0.25, -0.2) is 4.79 Å². The minimum absolute atomic E-state index is 0.0384. The van der Waals surface area contributed by atoms with Crippen LogP contribution in [0.25, 0.3) is 0 Å². The van der Waals surface area contributed by atoms with E-state index in [1.807, 2.05) is 6.07 Å². The van der Waals surface area contributed by atoms with Crippen molar-refractivity contribution in [2.24, 2.45) is 11.7 Å². The fourth-order valence-electron chi connectivity index (χ4n) is 3.68. The van der Waals surface area contributed by atoms with E-state index in [0.717, 1.165) is 24.8 Å². The van der Waals surface area contributed by atoms with E-state index in [4.69, 9.17) is 20.4 Å². The lowest BCUT2D eigenvalue weighted by Crippen LogP contribution is -2.43. The molecule has 2 heterocycles. The molecule has 0 bridgehead atoms. The monoisotopic (exact) mass is 440 g/mol. The average molecular weight is 441 g/mol. The summed E-state index contributed by atoms with van der Waals surface area (Å²) in [6, 6.07) is 8.75. The van der Waals surface area contributed by atoms with Gasteiger partial charge < -0.3 is 19.9 Å². The molecule has 9 nitrogen and oxygen atoms in total. The molecule has 2 aromatic rings. The average Bonchev–Trinajstić information content (AvgIpc) is 3.30. The van der Waals surface area contributed by atoms with Crippen LogP contribution in [0.2, 0.25) is 0 Å². The molecule has 1 aromatic carbocycles. The zero-order valence-electron chi connectivity index (χ0n) is 17.8. The van der Waals surface area contributed by atoms with Crippen molar-refractivity contribution in [1.29, 1.82) is 5.41 Å². The number of nitrogens with zero attached hydrogens (tertiary/aromatic N) is 1. The van der Waals surface area contributed by atoms with Crippen LogP contribution in [-0.4, -0.2) is 30.2 Å². The van der Waals surface area contributed by atoms with E-state index in [1.54, 1.807) is 41.7 Å². The van der Waals surface area contributed by atoms with Crippen molar-refractivity contribution in [3.05, 3.63) is 54.0 Å². The fraction of sp³-hybridized carbons (Fsp3) is 0.391. The van der Waals surface area contributed by atoms with E-state index in [2.05, 4.69) is 5.48 Å². The Morgan fingerprint density at radius 2 is 2.00 bits per heavy atom. The summed E-state index contributed by atoms with van der Waals surface area (Å²) in [6.45, 7) is 0.560. The summed E-state index contributed by atoms with van der Waals surface area (Å²) >= 11 is 0. The number of carbonyl (C=O) groups is 3. The smallest absolute Gasteiger partial charge is 0.332 e. The largest absolute Gasteiger partial charge is 0.472 e. The molecule has 4 N–H and O–H groups in total. The summed E-state index contributed by atoms with van der Waals surface area (Å²) in [4.78, 5) is 43.4. The lowest BCUT2D eigenvalue weighted by molar-refractivity contribution is -0.159. The molecule has 0 radical (unpaired) electrons. The number of hydroxylamine groups is 1. The first kappa shape index (κ1) is 23.1. The third-order valence-electron chi connectivity index (χ3n) is 5.43. The first-order valence-corrected chi connectivity index (χ1v) is 10.7. The fourth-order valence-corrected chi connectivity index (χ4v) is 3.68. The van der Waals surface area contributed by atoms with Crippen molar-refractivity contribution >= 4 is 29.3 Å². The number of unbranched alkanes of at least 4 members (excludes halogenated alkanes) is 1. The van der Waals surface area contributed by atoms with Crippen LogP contribution in [0.3, 0.4) is 0 Å². The van der Waals surface area contributed by atoms with Gasteiger partial charge in [0.05, 0.1) is 12.5 Å². The number of carbonyl (C=O) groups excluding carboxylic acids is 3. The Labute approximate surface area is 186 Å². The third-order valence-corrected chi connectivity index (χ3v) is 5.43. The molecular formula is C23H28N4O5. The van der Waals surface area contributed by atoms with Gasteiger partial charge in [-0.3, -0.25) is 15.0 Å². The van der Waals surface area contributed by atoms with Crippen molar-refractivity contribution in [2.75, 3.05) is 11.4 Å². The molecule has 1 saturated heterocycles. The number of anilines is 1. The van der Waals surface area contributed by atoms with Gasteiger partial charge in [-0.05, 0) is 68.0 Å². The molecular weight excluding hydrogens is 412 g/mol. The first-order valence-electron chi connectivity index (χ1n) is 10.7. The molecule has 1 aromatic heterocycles. The zero-order chi connectivity index (χ0) is 22.9. The Morgan fingerprint density at radius 3 is 2.69 bits per heavy atom. The first-order chi connectivity index (χ1) is 15.4. The Morgan fingerprint density at radius 1 is 1.22 bits per heavy atom. The molecule has 9 heteroatoms. The highest BCUT2D eigenvalue weighted by molar-refractivity contribution is 5.99. The molecule has 0 saturated carbocycles. The Balaban J connectivity index is 1.40. The Bertz CT molecular complexity index is 940. The maximum Gasteiger partial charge on any atom is 0.332 e. The molecule has 0 unspecified atom stereocenters. The molecule has 3 rings (SSSR count). The number of furan rings is 1. The van der Waals surface area contributed by atoms with Gasteiger partial charge in [0.15, 0.2) is 0 Å². The van der Waals surface area contributed by atoms with Gasteiger partial charge >= 0.3 is 5.97 Å². The minimum atomic E-state index is -0.507. The number of hydrogen-bond acceptors (Lipinski definition) is 6. The van der Waals surface area contributed by atoms with Crippen molar-refractivity contribution in [3.63, 3.8) is 0 Å². The second kappa shape index (κ2) is 11.1. The minimum Gasteiger partial charge on any atom is -0.472 e. The summed E-state index contributed by atoms with van der Waals surface area (Å²) < 4.78 is 4.99. The van der Waals surface area contributed by atoms with E-state index < -0.39 is 17.8 Å². The molecule has 1 aliphatic heterocycles. The van der Waals surface area contributed by atoms with Crippen LogP contribution in [0.4, 0.5) is 5.69 Å². The second-order valence-corrected chi connectivity index (χ2v) is 7.83. The molecule has 1 atom stereocenters. The van der Waals surface area contributed by atoms with E-state index in [9.17, 15) is 14.4 Å². The number of benzene rings is 1. The Kier molecular flexibility index (Phi) is 8.02. The van der Waals surface area contributed by atoms with Crippen LogP contribution in [0, 0.1) is 11.3 Å². The van der Waals surface area contributed by atoms with Crippen LogP contribution in [-0.2, 0) is 25.6 Å². The summed E-state index contributed by atoms with van der Waals surface area (Å²) in [5.74, 6) is -1.67. The Hall–Kier alpha value is -3.62. The molecule has 2 amide bonds. The molecule has 0 spiro atoms. The zero-order valence-corrected chi connectivity index (χ0v) is 17.8. The van der Waals surface area contributed by atoms with Crippen LogP contribution in [0.1, 0.15) is 49.7 Å². The molecule has 1 aliphatic rings. The van der Waals surface area contributed by atoms with Crippen LogP contribution < -0.4 is 16.1 Å². The van der Waals surface area contributed by atoms with E-state index in [0.29, 0.717) is 30.6 Å². The summed E-state index contributed by atoms with van der Waals surface area (Å²) in [7, 11) is 0. The predicted molar refractivity (Wildman–Crippen MR) is 118 cm³/mol. The van der Waals surface area contributed by atoms with Crippen LogP contribution in [0.15, 0.2) is 47.3 Å². The van der Waals surface area contributed by atoms with Crippen molar-refractivity contribution in [1.82, 2.24) is 5.48 Å². The highest BCUT2D eigenvalue weighted by Crippen LogP contribution is 2.26. The number of amidine groups is 1. The highest BCUT2D eigenvalue weighted by Gasteiger charge is 2.31. The van der Waals surface area contributed by atoms with Crippen LogP contribution >= 0.6 is 0 Å². The second-order valence-electron chi connectivity index (χ2n) is 7.83. The number of nitrogen functional groups attached to an aromatic ring is 1. The summed E-state index contributed by atoms with van der Waals surface area (Å²) in [5, 5.41) is 7.46. The predicted octanol–water partition coefficient (Wildman–Crippen LogP) is 2.68. The highest BCUT2D eigenvalue weighted by atomic mass is 16.7. The van der Waals surface area contributed by atoms with Crippen molar-refractivity contribution in [2.45, 2.75) is 44.9 Å². The van der Waals surface area contributed by atoms with Gasteiger partial charge in [0.25, 0.3) is 5.91 Å². The van der Waals surface area contributed by atoms with Gasteiger partial charge in [-0.2, -0.15) is 5.48 Å². The van der Waals surface area contributed by atoms with E-state index in [1.165, 1.54) is 0 Å². The van der Waals surface area contributed by atoms with Crippen molar-refractivity contribution < 1.29 is 23.6 Å². The van der Waals surface area contributed by atoms with Gasteiger partial charge in [0.2, 0.25) is 5.91 Å². The third kappa shape index (κ3) is 6.44. The van der Waals surface area contributed by atoms with E-state index >= 15 is 0 Å². The maximum atomic E-state index is 12.9. The number of nitrogens with one attached hydrogen (secondary N) is 2. The molecule has 170 valence electrons. The number of nitrogens with two attached hydrogens (primary N) is 1. The van der Waals surface area contributed by atoms with E-state index in [-0.39, 0.29) is 24.6 Å². The lowest BCUT2D eigenvalue weighted by Gasteiger charge is -2.32. The molecule has 32 heavy (non-hydrogen) atoms. The van der Waals surface area contributed by atoms with Gasteiger partial charge in [0.1, 0.15) is 5.84 Å². The summed E-state index contributed by atoms with van der Waals surface area (Å²) in [5.41, 5.74) is 10.00. The van der Waals surface area contributed by atoms with Crippen molar-refractivity contribution in [3.8, 4) is 0 Å². The van der Waals surface area contributed by atoms with Gasteiger partial charge in [-0.15, -0.1) is 0 Å². The number of amides is 2. The quantitative estimate of drug-likeness (QED) is 0.237.